The molecule has 0 aliphatic heterocycles. The van der Waals surface area contributed by atoms with E-state index < -0.39 is 47.8 Å². The first kappa shape index (κ1) is 58.5. The minimum Gasteiger partial charge on any atom is -0.543 e. The second-order valence-corrected chi connectivity index (χ2v) is 2.35. The average molecular weight is 744 g/mol. The monoisotopic (exact) mass is 743 g/mol. The molecule has 0 aromatic carbocycles. The van der Waals surface area contributed by atoms with Crippen LogP contribution in [0.25, 0.3) is 0 Å². The molecule has 0 unspecified atom stereocenters. The van der Waals surface area contributed by atoms with Crippen LogP contribution in [0.1, 0.15) is 0 Å². The van der Waals surface area contributed by atoms with Crippen molar-refractivity contribution in [1.82, 2.24) is 0 Å². The topological polar surface area (TPSA) is 313 Å². The van der Waals surface area contributed by atoms with E-state index in [1.807, 2.05) is 0 Å². The van der Waals surface area contributed by atoms with E-state index in [4.69, 9.17) is 79.2 Å². The molecule has 3 N–H and O–H groups in total. The van der Waals surface area contributed by atoms with Crippen LogP contribution in [-0.2, 0) is 38.4 Å². The van der Waals surface area contributed by atoms with Gasteiger partial charge in [-0.2, -0.15) is 0 Å². The fourth-order valence-corrected chi connectivity index (χ4v) is 0. The van der Waals surface area contributed by atoms with Crippen LogP contribution in [0.15, 0.2) is 0 Å². The Morgan fingerprint density at radius 2 is 0.483 bits per heavy atom. The summed E-state index contributed by atoms with van der Waals surface area (Å²) in [5, 5.41) is 66.8. The molecule has 0 fully saturated rings. The van der Waals surface area contributed by atoms with Gasteiger partial charge in [0.1, 0.15) is 0 Å². The smallest absolute Gasteiger partial charge is 0.543 e. The maximum atomic E-state index is 9.10. The third-order valence-corrected chi connectivity index (χ3v) is 0.691. The summed E-state index contributed by atoms with van der Waals surface area (Å²) >= 11 is 0. The van der Waals surface area contributed by atoms with Gasteiger partial charge in [0, 0.05) is 39.9 Å². The number of carboxylic acid groups (broad SMARTS) is 8. The van der Waals surface area contributed by atoms with Crippen molar-refractivity contribution < 1.29 is 325 Å². The number of carbonyl (C=O) groups is 8. The molecule has 0 saturated heterocycles. The third kappa shape index (κ3) is 72.1. The van der Waals surface area contributed by atoms with E-state index in [-0.39, 0.29) is 245 Å². The standard InChI is InChI=1S/4C2H2O4.4K.Th/c4*3-1(4)2(5)6;;;;;/h4*(H,3,4)(H,5,6);;;;;/q;;;;4*+1;/p-5. The number of hydrogen-bond donors (Lipinski definition) is 3. The third-order valence-electron chi connectivity index (χ3n) is 0.691. The quantitative estimate of drug-likeness (QED) is 0.153. The van der Waals surface area contributed by atoms with E-state index in [9.17, 15) is 0 Å². The zero-order chi connectivity index (χ0) is 20.6. The fraction of sp³-hybridized carbons (Fsp3) is 0. The molecule has 0 spiro atoms. The first-order chi connectivity index (χ1) is 10.6. The molecular weight excluding hydrogens is 741 g/mol. The van der Waals surface area contributed by atoms with Crippen LogP contribution in [0.5, 0.6) is 0 Å². The van der Waals surface area contributed by atoms with Gasteiger partial charge in [-0.3, -0.25) is 0 Å². The maximum absolute atomic E-state index is 9.10. The largest absolute Gasteiger partial charge is 1.00 e. The first-order valence-electron chi connectivity index (χ1n) is 4.32. The molecule has 16 nitrogen and oxygen atoms in total. The molecule has 29 heavy (non-hydrogen) atoms. The predicted octanol–water partition coefficient (Wildman–Crippen LogP) is -22.0. The predicted molar refractivity (Wildman–Crippen MR) is 47.9 cm³/mol. The molecule has 0 aliphatic rings. The van der Waals surface area contributed by atoms with Gasteiger partial charge in [0.25, 0.3) is 0 Å². The van der Waals surface area contributed by atoms with Gasteiger partial charge in [0.15, 0.2) is 5.97 Å². The Morgan fingerprint density at radius 1 is 0.379 bits per heavy atom. The number of hydrogen-bond acceptors (Lipinski definition) is 13. The Balaban J connectivity index is -0.0000000248. The molecule has 0 aromatic rings. The van der Waals surface area contributed by atoms with Gasteiger partial charge in [-0.25, -0.2) is 14.4 Å². The summed E-state index contributed by atoms with van der Waals surface area (Å²) in [4.78, 5) is 71.9. The molecule has 21 heteroatoms. The van der Waals surface area contributed by atoms with Crippen molar-refractivity contribution in [2.24, 2.45) is 0 Å². The molecule has 0 amide bonds. The zero-order valence-electron chi connectivity index (χ0n) is 15.1. The summed E-state index contributed by atoms with van der Waals surface area (Å²) < 4.78 is 0. The van der Waals surface area contributed by atoms with Crippen molar-refractivity contribution in [3.05, 3.63) is 0 Å². The Bertz CT molecular complexity index is 405. The van der Waals surface area contributed by atoms with Crippen LogP contribution in [0.2, 0.25) is 0 Å². The Kier molecular flexibility index (Phi) is 78.4. The normalized spacial score (nSPS) is 6.07. The molecule has 0 aliphatic carbocycles. The van der Waals surface area contributed by atoms with E-state index in [1.165, 1.54) is 0 Å². The maximum Gasteiger partial charge on any atom is 1.00 e. The average Bonchev–Trinajstić information content (AvgIpc) is 2.40. The Morgan fingerprint density at radius 3 is 0.483 bits per heavy atom. The summed E-state index contributed by atoms with van der Waals surface area (Å²) in [6, 6.07) is 0. The van der Waals surface area contributed by atoms with Crippen molar-refractivity contribution in [2.75, 3.05) is 0 Å². The van der Waals surface area contributed by atoms with Gasteiger partial charge in [-0.1, -0.05) is 0 Å². The zero-order valence-corrected chi connectivity index (χ0v) is 31.8. The van der Waals surface area contributed by atoms with Crippen molar-refractivity contribution in [2.45, 2.75) is 0 Å². The molecule has 0 saturated carbocycles. The van der Waals surface area contributed by atoms with E-state index in [1.54, 1.807) is 0 Å². The van der Waals surface area contributed by atoms with E-state index >= 15 is 0 Å². The van der Waals surface area contributed by atoms with Gasteiger partial charge in [-0.15, -0.1) is 0 Å². The number of rotatable bonds is 0. The van der Waals surface area contributed by atoms with Crippen LogP contribution >= 0.6 is 0 Å². The SMILES string of the molecule is O=C(O)C(=O)O.O=C([O-])C(=O)O.O=C([O-])C(=O)[O-].O=C([O-])C(=O)[O-].[K+].[K+].[K+].[K+].[Th]. The van der Waals surface area contributed by atoms with Crippen molar-refractivity contribution in [1.29, 1.82) is 0 Å². The summed E-state index contributed by atoms with van der Waals surface area (Å²) in [6.45, 7) is 0. The van der Waals surface area contributed by atoms with Crippen molar-refractivity contribution in [3.8, 4) is 0 Å². The van der Waals surface area contributed by atoms with Crippen LogP contribution in [0, 0.1) is 39.9 Å². The summed E-state index contributed by atoms with van der Waals surface area (Å²) in [6.07, 6.45) is 0. The van der Waals surface area contributed by atoms with Gasteiger partial charge < -0.3 is 64.8 Å². The van der Waals surface area contributed by atoms with Gasteiger partial charge in [-0.05, 0) is 0 Å². The Hall–Kier alpha value is 3.63. The van der Waals surface area contributed by atoms with Crippen molar-refractivity contribution >= 4 is 47.8 Å². The minimum absolute atomic E-state index is 0. The molecule has 0 aromatic heterocycles. The van der Waals surface area contributed by atoms with Crippen LogP contribution < -0.4 is 231 Å². The Labute approximate surface area is 362 Å². The number of carboxylic acids is 8. The molecule has 0 rings (SSSR count). The summed E-state index contributed by atoms with van der Waals surface area (Å²) in [7, 11) is 0. The molecule has 0 bridgehead atoms. The fourth-order valence-electron chi connectivity index (χ4n) is 0. The second-order valence-electron chi connectivity index (χ2n) is 2.35. The van der Waals surface area contributed by atoms with Gasteiger partial charge in [0.05, 0.1) is 23.9 Å². The molecule has 0 heterocycles. The van der Waals surface area contributed by atoms with Crippen LogP contribution in [0.4, 0.5) is 0 Å². The van der Waals surface area contributed by atoms with Crippen LogP contribution in [0.3, 0.4) is 0 Å². The second kappa shape index (κ2) is 38.9. The summed E-state index contributed by atoms with van der Waals surface area (Å²) in [5.41, 5.74) is 0. The van der Waals surface area contributed by atoms with E-state index in [2.05, 4.69) is 0 Å². The molecular formula is C8H3K4O16Th-. The molecule has 140 valence electrons. The summed E-state index contributed by atoms with van der Waals surface area (Å²) in [5.74, 6) is -16.4. The first-order valence-corrected chi connectivity index (χ1v) is 4.32. The van der Waals surface area contributed by atoms with Gasteiger partial charge >= 0.3 is 223 Å². The molecule has 0 radical (unpaired) electrons. The molecule has 0 atom stereocenters. The minimum atomic E-state index is -2.19. The van der Waals surface area contributed by atoms with E-state index in [0.29, 0.717) is 0 Å². The van der Waals surface area contributed by atoms with Gasteiger partial charge in [0.2, 0.25) is 0 Å². The van der Waals surface area contributed by atoms with E-state index in [0.717, 1.165) is 0 Å². The van der Waals surface area contributed by atoms with Crippen molar-refractivity contribution in [3.63, 3.8) is 0 Å². The van der Waals surface area contributed by atoms with Crippen LogP contribution in [-0.4, -0.2) is 63.1 Å². The number of carbonyl (C=O) groups excluding carboxylic acids is 5. The number of aliphatic carboxylic acids is 8.